The number of methoxy groups -OCH3 is 1. The minimum atomic E-state index is -3.65. The fourth-order valence-corrected chi connectivity index (χ4v) is 7.19. The topological polar surface area (TPSA) is 80.3 Å². The summed E-state index contributed by atoms with van der Waals surface area (Å²) in [5, 5.41) is 4.42. The van der Waals surface area contributed by atoms with Crippen LogP contribution < -0.4 is 14.8 Å². The van der Waals surface area contributed by atoms with Gasteiger partial charge in [-0.3, -0.25) is 0 Å². The average Bonchev–Trinajstić information content (AvgIpc) is 3.41. The zero-order chi connectivity index (χ0) is 21.8. The summed E-state index contributed by atoms with van der Waals surface area (Å²) in [5.74, 6) is 1.09. The summed E-state index contributed by atoms with van der Waals surface area (Å²) in [4.78, 5) is 5.89. The summed E-state index contributed by atoms with van der Waals surface area (Å²) >= 11 is 1.59. The maximum absolute atomic E-state index is 13.1. The number of anilines is 1. The molecule has 4 rings (SSSR count). The second-order valence-electron chi connectivity index (χ2n) is 8.79. The first kappa shape index (κ1) is 22.6. The maximum Gasteiger partial charge on any atom is 0.244 e. The van der Waals surface area contributed by atoms with Gasteiger partial charge in [0.1, 0.15) is 10.6 Å². The molecule has 0 spiro atoms. The van der Waals surface area contributed by atoms with E-state index in [-0.39, 0.29) is 10.9 Å². The lowest BCUT2D eigenvalue weighted by Gasteiger charge is -2.21. The van der Waals surface area contributed by atoms with E-state index in [1.807, 2.05) is 13.0 Å². The third-order valence-electron chi connectivity index (χ3n) is 6.46. The van der Waals surface area contributed by atoms with Gasteiger partial charge < -0.3 is 10.1 Å². The van der Waals surface area contributed by atoms with Crippen LogP contribution in [0, 0.1) is 12.8 Å². The van der Waals surface area contributed by atoms with E-state index in [0.29, 0.717) is 5.75 Å². The van der Waals surface area contributed by atoms with Gasteiger partial charge in [-0.2, -0.15) is 0 Å². The highest BCUT2D eigenvalue weighted by Gasteiger charge is 2.26. The summed E-state index contributed by atoms with van der Waals surface area (Å²) in [6, 6.07) is 5.40. The Bertz CT molecular complexity index is 991. The number of hydrogen-bond acceptors (Lipinski definition) is 6. The average molecular weight is 464 g/mol. The molecule has 1 heterocycles. The molecule has 2 aromatic rings. The van der Waals surface area contributed by atoms with Crippen molar-refractivity contribution in [3.05, 3.63) is 23.9 Å². The third-order valence-corrected chi connectivity index (χ3v) is 9.16. The molecule has 0 radical (unpaired) electrons. The lowest BCUT2D eigenvalue weighted by molar-refractivity contribution is 0.373. The van der Waals surface area contributed by atoms with Crippen LogP contribution in [0.15, 0.2) is 23.1 Å². The standard InChI is InChI=1S/C23H33N3O3S2/c1-16-22(30-23(25-16)24-15-17-8-4-3-5-9-17)18-12-13-20(29-2)21(14-18)31(27,28)26-19-10-6-7-11-19/h12-14,17,19,26H,3-11,15H2,1-2H3,(H,24,25). The summed E-state index contributed by atoms with van der Waals surface area (Å²) in [7, 11) is -2.15. The van der Waals surface area contributed by atoms with Crippen LogP contribution >= 0.6 is 11.3 Å². The van der Waals surface area contributed by atoms with E-state index in [9.17, 15) is 8.42 Å². The van der Waals surface area contributed by atoms with Gasteiger partial charge in [0.05, 0.1) is 17.7 Å². The third kappa shape index (κ3) is 5.41. The van der Waals surface area contributed by atoms with Crippen molar-refractivity contribution < 1.29 is 13.2 Å². The van der Waals surface area contributed by atoms with E-state index in [0.717, 1.165) is 59.4 Å². The van der Waals surface area contributed by atoms with Crippen LogP contribution in [-0.2, 0) is 10.0 Å². The molecule has 0 saturated heterocycles. The van der Waals surface area contributed by atoms with Crippen molar-refractivity contribution in [1.29, 1.82) is 0 Å². The van der Waals surface area contributed by atoms with Gasteiger partial charge in [0.2, 0.25) is 10.0 Å². The zero-order valence-corrected chi connectivity index (χ0v) is 20.1. The molecular formula is C23H33N3O3S2. The number of ether oxygens (including phenoxy) is 1. The molecule has 2 aliphatic rings. The predicted octanol–water partition coefficient (Wildman–Crippen LogP) is 5.34. The predicted molar refractivity (Wildman–Crippen MR) is 126 cm³/mol. The molecule has 2 N–H and O–H groups in total. The van der Waals surface area contributed by atoms with Crippen molar-refractivity contribution in [2.24, 2.45) is 5.92 Å². The Morgan fingerprint density at radius 3 is 2.52 bits per heavy atom. The van der Waals surface area contributed by atoms with E-state index in [1.165, 1.54) is 39.2 Å². The van der Waals surface area contributed by atoms with Crippen LogP contribution in [0.25, 0.3) is 10.4 Å². The minimum absolute atomic E-state index is 0.0130. The van der Waals surface area contributed by atoms with Gasteiger partial charge in [-0.15, -0.1) is 0 Å². The molecule has 170 valence electrons. The van der Waals surface area contributed by atoms with Gasteiger partial charge in [-0.05, 0) is 62.3 Å². The Morgan fingerprint density at radius 1 is 1.10 bits per heavy atom. The monoisotopic (exact) mass is 463 g/mol. The summed E-state index contributed by atoms with van der Waals surface area (Å²) < 4.78 is 34.5. The van der Waals surface area contributed by atoms with Crippen molar-refractivity contribution in [3.8, 4) is 16.2 Å². The van der Waals surface area contributed by atoms with Gasteiger partial charge in [0.25, 0.3) is 0 Å². The molecule has 1 aromatic carbocycles. The second-order valence-corrected chi connectivity index (χ2v) is 11.5. The van der Waals surface area contributed by atoms with E-state index < -0.39 is 10.0 Å². The highest BCUT2D eigenvalue weighted by molar-refractivity contribution is 7.89. The molecule has 0 amide bonds. The largest absolute Gasteiger partial charge is 0.495 e. The lowest BCUT2D eigenvalue weighted by Crippen LogP contribution is -2.32. The fraction of sp³-hybridized carbons (Fsp3) is 0.609. The minimum Gasteiger partial charge on any atom is -0.495 e. The van der Waals surface area contributed by atoms with Gasteiger partial charge in [0, 0.05) is 12.6 Å². The molecule has 0 aliphatic heterocycles. The molecule has 0 atom stereocenters. The second kappa shape index (κ2) is 9.88. The molecular weight excluding hydrogens is 430 g/mol. The Hall–Kier alpha value is -1.64. The quantitative estimate of drug-likeness (QED) is 0.552. The smallest absolute Gasteiger partial charge is 0.244 e. The van der Waals surface area contributed by atoms with Crippen LogP contribution in [0.3, 0.4) is 0 Å². The molecule has 2 fully saturated rings. The van der Waals surface area contributed by atoms with Crippen molar-refractivity contribution in [1.82, 2.24) is 9.71 Å². The van der Waals surface area contributed by atoms with Gasteiger partial charge >= 0.3 is 0 Å². The molecule has 6 nitrogen and oxygen atoms in total. The highest BCUT2D eigenvalue weighted by Crippen LogP contribution is 2.37. The Labute approximate surface area is 189 Å². The first-order valence-electron chi connectivity index (χ1n) is 11.4. The molecule has 2 aliphatic carbocycles. The lowest BCUT2D eigenvalue weighted by atomic mass is 9.89. The summed E-state index contributed by atoms with van der Waals surface area (Å²) in [5.41, 5.74) is 1.77. The molecule has 0 bridgehead atoms. The number of hydrogen-bond donors (Lipinski definition) is 2. The van der Waals surface area contributed by atoms with E-state index in [4.69, 9.17) is 9.72 Å². The summed E-state index contributed by atoms with van der Waals surface area (Å²) in [6.07, 6.45) is 10.5. The van der Waals surface area contributed by atoms with Crippen molar-refractivity contribution in [2.75, 3.05) is 19.0 Å². The Kier molecular flexibility index (Phi) is 7.19. The fourth-order valence-electron chi connectivity index (χ4n) is 4.72. The maximum atomic E-state index is 13.1. The Balaban J connectivity index is 1.55. The Morgan fingerprint density at radius 2 is 1.81 bits per heavy atom. The number of nitrogens with one attached hydrogen (secondary N) is 2. The van der Waals surface area contributed by atoms with Crippen LogP contribution in [0.2, 0.25) is 0 Å². The zero-order valence-electron chi connectivity index (χ0n) is 18.4. The van der Waals surface area contributed by atoms with Crippen LogP contribution in [0.4, 0.5) is 5.13 Å². The number of aryl methyl sites for hydroxylation is 1. The van der Waals surface area contributed by atoms with E-state index >= 15 is 0 Å². The number of nitrogens with zero attached hydrogens (tertiary/aromatic N) is 1. The molecule has 1 aromatic heterocycles. The molecule has 0 unspecified atom stereocenters. The highest BCUT2D eigenvalue weighted by atomic mass is 32.2. The van der Waals surface area contributed by atoms with Crippen LogP contribution in [0.5, 0.6) is 5.75 Å². The van der Waals surface area contributed by atoms with E-state index in [2.05, 4.69) is 10.0 Å². The SMILES string of the molecule is COc1ccc(-c2sc(NCC3CCCCC3)nc2C)cc1S(=O)(=O)NC1CCCC1. The number of rotatable bonds is 8. The van der Waals surface area contributed by atoms with Crippen molar-refractivity contribution >= 4 is 26.5 Å². The van der Waals surface area contributed by atoms with Gasteiger partial charge in [-0.1, -0.05) is 43.4 Å². The first-order chi connectivity index (χ1) is 15.0. The van der Waals surface area contributed by atoms with E-state index in [1.54, 1.807) is 23.5 Å². The number of benzene rings is 1. The molecule has 8 heteroatoms. The van der Waals surface area contributed by atoms with Crippen molar-refractivity contribution in [3.63, 3.8) is 0 Å². The normalized spacial score (nSPS) is 18.4. The molecule has 31 heavy (non-hydrogen) atoms. The molecule has 2 saturated carbocycles. The van der Waals surface area contributed by atoms with Gasteiger partial charge in [-0.25, -0.2) is 18.1 Å². The number of sulfonamides is 1. The number of thiazole rings is 1. The first-order valence-corrected chi connectivity index (χ1v) is 13.7. The summed E-state index contributed by atoms with van der Waals surface area (Å²) in [6.45, 7) is 2.94. The van der Waals surface area contributed by atoms with Gasteiger partial charge in [0.15, 0.2) is 5.13 Å². The van der Waals surface area contributed by atoms with Crippen LogP contribution in [0.1, 0.15) is 63.5 Å². The number of aromatic nitrogens is 1. The van der Waals surface area contributed by atoms with Crippen LogP contribution in [-0.4, -0.2) is 33.1 Å². The van der Waals surface area contributed by atoms with Crippen molar-refractivity contribution in [2.45, 2.75) is 75.6 Å².